The Kier molecular flexibility index (Phi) is 7.56. The van der Waals surface area contributed by atoms with Gasteiger partial charge in [0.1, 0.15) is 0 Å². The van der Waals surface area contributed by atoms with Gasteiger partial charge in [-0.1, -0.05) is 26.7 Å². The number of aliphatic imine (C=N–C) groups is 1. The summed E-state index contributed by atoms with van der Waals surface area (Å²) in [6, 6.07) is 0.607. The van der Waals surface area contributed by atoms with E-state index in [1.54, 1.807) is 0 Å². The summed E-state index contributed by atoms with van der Waals surface area (Å²) in [5, 5.41) is 7.86. The summed E-state index contributed by atoms with van der Waals surface area (Å²) in [5.41, 5.74) is 0. The SMILES string of the molecule is CCC(CC)CNC(=NC)NC1CCC(SC)C1. The van der Waals surface area contributed by atoms with Crippen molar-refractivity contribution in [3.8, 4) is 0 Å². The maximum atomic E-state index is 4.33. The fourth-order valence-corrected chi connectivity index (χ4v) is 3.29. The molecule has 4 heteroatoms. The Balaban J connectivity index is 2.30. The quantitative estimate of drug-likeness (QED) is 0.576. The Labute approximate surface area is 117 Å². The molecule has 0 heterocycles. The lowest BCUT2D eigenvalue weighted by molar-refractivity contribution is 0.478. The highest BCUT2D eigenvalue weighted by Crippen LogP contribution is 2.27. The Morgan fingerprint density at radius 2 is 2.06 bits per heavy atom. The number of rotatable bonds is 6. The van der Waals surface area contributed by atoms with Gasteiger partial charge >= 0.3 is 0 Å². The molecule has 1 fully saturated rings. The summed E-state index contributed by atoms with van der Waals surface area (Å²) in [6.45, 7) is 5.55. The summed E-state index contributed by atoms with van der Waals surface area (Å²) in [5.74, 6) is 1.74. The van der Waals surface area contributed by atoms with Crippen LogP contribution in [0.5, 0.6) is 0 Å². The zero-order valence-corrected chi connectivity index (χ0v) is 13.1. The van der Waals surface area contributed by atoms with Crippen molar-refractivity contribution >= 4 is 17.7 Å². The highest BCUT2D eigenvalue weighted by molar-refractivity contribution is 7.99. The Morgan fingerprint density at radius 3 is 2.56 bits per heavy atom. The van der Waals surface area contributed by atoms with Gasteiger partial charge in [0.05, 0.1) is 0 Å². The van der Waals surface area contributed by atoms with Crippen LogP contribution >= 0.6 is 11.8 Å². The van der Waals surface area contributed by atoms with E-state index >= 15 is 0 Å². The van der Waals surface area contributed by atoms with Crippen LogP contribution in [0.25, 0.3) is 0 Å². The summed E-state index contributed by atoms with van der Waals surface area (Å²) in [7, 11) is 1.86. The lowest BCUT2D eigenvalue weighted by Crippen LogP contribution is -2.44. The van der Waals surface area contributed by atoms with Crippen LogP contribution in [0.4, 0.5) is 0 Å². The van der Waals surface area contributed by atoms with Gasteiger partial charge in [-0.25, -0.2) is 0 Å². The molecule has 1 saturated carbocycles. The van der Waals surface area contributed by atoms with Crippen LogP contribution in [0, 0.1) is 5.92 Å². The third-order valence-corrected chi connectivity index (χ3v) is 5.09. The molecular formula is C14H29N3S. The molecule has 3 nitrogen and oxygen atoms in total. The third-order valence-electron chi connectivity index (χ3n) is 4.00. The number of guanidine groups is 1. The van der Waals surface area contributed by atoms with E-state index in [1.165, 1.54) is 32.1 Å². The molecule has 2 atom stereocenters. The molecule has 0 amide bonds. The molecule has 0 aromatic carbocycles. The van der Waals surface area contributed by atoms with Crippen LogP contribution in [-0.2, 0) is 0 Å². The molecular weight excluding hydrogens is 242 g/mol. The standard InChI is InChI=1S/C14H29N3S/c1-5-11(6-2)10-16-14(15-3)17-12-7-8-13(9-12)18-4/h11-13H,5-10H2,1-4H3,(H2,15,16,17). The van der Waals surface area contributed by atoms with Gasteiger partial charge in [-0.3, -0.25) is 4.99 Å². The van der Waals surface area contributed by atoms with E-state index in [2.05, 4.69) is 35.7 Å². The molecule has 2 unspecified atom stereocenters. The van der Waals surface area contributed by atoms with Gasteiger partial charge < -0.3 is 10.6 Å². The molecule has 0 radical (unpaired) electrons. The predicted molar refractivity (Wildman–Crippen MR) is 83.5 cm³/mol. The van der Waals surface area contributed by atoms with Crippen LogP contribution in [0.3, 0.4) is 0 Å². The number of nitrogens with zero attached hydrogens (tertiary/aromatic N) is 1. The van der Waals surface area contributed by atoms with Crippen LogP contribution in [0.1, 0.15) is 46.0 Å². The van der Waals surface area contributed by atoms with Gasteiger partial charge in [-0.05, 0) is 31.4 Å². The van der Waals surface area contributed by atoms with E-state index < -0.39 is 0 Å². The number of nitrogens with one attached hydrogen (secondary N) is 2. The van der Waals surface area contributed by atoms with Gasteiger partial charge in [-0.2, -0.15) is 11.8 Å². The Bertz CT molecular complexity index is 251. The van der Waals surface area contributed by atoms with E-state index in [1.807, 2.05) is 18.8 Å². The van der Waals surface area contributed by atoms with E-state index in [9.17, 15) is 0 Å². The largest absolute Gasteiger partial charge is 0.356 e. The van der Waals surface area contributed by atoms with Crippen LogP contribution in [-0.4, -0.2) is 37.1 Å². The molecule has 0 aromatic rings. The summed E-state index contributed by atoms with van der Waals surface area (Å²) in [6.07, 6.45) is 8.57. The van der Waals surface area contributed by atoms with E-state index in [0.29, 0.717) is 6.04 Å². The summed E-state index contributed by atoms with van der Waals surface area (Å²) in [4.78, 5) is 4.33. The van der Waals surface area contributed by atoms with Crippen molar-refractivity contribution in [3.63, 3.8) is 0 Å². The first-order valence-corrected chi connectivity index (χ1v) is 8.52. The maximum absolute atomic E-state index is 4.33. The average Bonchev–Trinajstić information content (AvgIpc) is 2.86. The lowest BCUT2D eigenvalue weighted by atomic mass is 10.0. The molecule has 0 saturated heterocycles. The van der Waals surface area contributed by atoms with Crippen molar-refractivity contribution in [1.82, 2.24) is 10.6 Å². The summed E-state index contributed by atoms with van der Waals surface area (Å²) < 4.78 is 0. The second-order valence-electron chi connectivity index (χ2n) is 5.15. The normalized spacial score (nSPS) is 24.6. The van der Waals surface area contributed by atoms with Gasteiger partial charge in [-0.15, -0.1) is 0 Å². The number of hydrogen-bond acceptors (Lipinski definition) is 2. The number of thioether (sulfide) groups is 1. The third kappa shape index (κ3) is 5.09. The minimum Gasteiger partial charge on any atom is -0.356 e. The van der Waals surface area contributed by atoms with Crippen molar-refractivity contribution in [2.24, 2.45) is 10.9 Å². The first kappa shape index (κ1) is 15.7. The monoisotopic (exact) mass is 271 g/mol. The van der Waals surface area contributed by atoms with Gasteiger partial charge in [0.25, 0.3) is 0 Å². The fourth-order valence-electron chi connectivity index (χ4n) is 2.49. The van der Waals surface area contributed by atoms with Crippen LogP contribution in [0.2, 0.25) is 0 Å². The topological polar surface area (TPSA) is 36.4 Å². The van der Waals surface area contributed by atoms with Crippen molar-refractivity contribution in [1.29, 1.82) is 0 Å². The van der Waals surface area contributed by atoms with E-state index in [0.717, 1.165) is 23.7 Å². The smallest absolute Gasteiger partial charge is 0.191 e. The van der Waals surface area contributed by atoms with Gasteiger partial charge in [0, 0.05) is 24.9 Å². The Hall–Kier alpha value is -0.380. The summed E-state index contributed by atoms with van der Waals surface area (Å²) >= 11 is 2.00. The average molecular weight is 271 g/mol. The van der Waals surface area contributed by atoms with E-state index in [4.69, 9.17) is 0 Å². The second kappa shape index (κ2) is 8.68. The van der Waals surface area contributed by atoms with Crippen molar-refractivity contribution in [2.45, 2.75) is 57.2 Å². The second-order valence-corrected chi connectivity index (χ2v) is 6.29. The molecule has 106 valence electrons. The molecule has 0 bridgehead atoms. The molecule has 1 aliphatic carbocycles. The molecule has 18 heavy (non-hydrogen) atoms. The Morgan fingerprint density at radius 1 is 1.33 bits per heavy atom. The maximum Gasteiger partial charge on any atom is 0.191 e. The number of hydrogen-bond donors (Lipinski definition) is 2. The zero-order chi connectivity index (χ0) is 13.4. The van der Waals surface area contributed by atoms with Gasteiger partial charge in [0.15, 0.2) is 5.96 Å². The highest BCUT2D eigenvalue weighted by Gasteiger charge is 2.24. The molecule has 1 rings (SSSR count). The van der Waals surface area contributed by atoms with Crippen molar-refractivity contribution in [2.75, 3.05) is 19.8 Å². The molecule has 0 aliphatic heterocycles. The van der Waals surface area contributed by atoms with Crippen molar-refractivity contribution < 1.29 is 0 Å². The van der Waals surface area contributed by atoms with Gasteiger partial charge in [0.2, 0.25) is 0 Å². The molecule has 2 N–H and O–H groups in total. The lowest BCUT2D eigenvalue weighted by Gasteiger charge is -2.20. The predicted octanol–water partition coefficient (Wildman–Crippen LogP) is 2.87. The van der Waals surface area contributed by atoms with Crippen LogP contribution < -0.4 is 10.6 Å². The van der Waals surface area contributed by atoms with Crippen LogP contribution in [0.15, 0.2) is 4.99 Å². The highest BCUT2D eigenvalue weighted by atomic mass is 32.2. The fraction of sp³-hybridized carbons (Fsp3) is 0.929. The molecule has 1 aliphatic rings. The van der Waals surface area contributed by atoms with E-state index in [-0.39, 0.29) is 0 Å². The first-order valence-electron chi connectivity index (χ1n) is 7.23. The molecule has 0 aromatic heterocycles. The minimum atomic E-state index is 0.607. The first-order chi connectivity index (χ1) is 8.73. The minimum absolute atomic E-state index is 0.607. The zero-order valence-electron chi connectivity index (χ0n) is 12.3. The molecule has 0 spiro atoms. The van der Waals surface area contributed by atoms with Crippen molar-refractivity contribution in [3.05, 3.63) is 0 Å².